The molecule has 1 aliphatic carbocycles. The summed E-state index contributed by atoms with van der Waals surface area (Å²) in [5, 5.41) is 2.76. The van der Waals surface area contributed by atoms with Crippen molar-refractivity contribution in [2.75, 3.05) is 7.11 Å². The monoisotopic (exact) mass is 407 g/mol. The summed E-state index contributed by atoms with van der Waals surface area (Å²) in [6.45, 7) is 5.89. The van der Waals surface area contributed by atoms with Crippen molar-refractivity contribution in [1.29, 1.82) is 0 Å². The molecule has 3 rings (SSSR count). The second-order valence-corrected chi connectivity index (χ2v) is 8.57. The van der Waals surface area contributed by atoms with E-state index in [2.05, 4.69) is 5.32 Å². The molecule has 0 saturated carbocycles. The van der Waals surface area contributed by atoms with E-state index in [0.717, 1.165) is 34.4 Å². The molecule has 0 fully saturated rings. The van der Waals surface area contributed by atoms with Gasteiger partial charge in [-0.25, -0.2) is 4.79 Å². The number of ether oxygens (including phenoxy) is 2. The van der Waals surface area contributed by atoms with Crippen LogP contribution in [0.4, 0.5) is 4.79 Å². The van der Waals surface area contributed by atoms with Crippen LogP contribution in [-0.4, -0.2) is 24.6 Å². The molecule has 5 heteroatoms. The lowest BCUT2D eigenvalue weighted by molar-refractivity contribution is -0.115. The SMILES string of the molecule is COc1ccc([C@H]2CC(=O)C=C(c3ccc(CNC(=O)OC(C)(C)C)cc3)C2)cc1. The number of carbonyl (C=O) groups excluding carboxylic acids is 2. The Kier molecular flexibility index (Phi) is 6.60. The Morgan fingerprint density at radius 3 is 2.30 bits per heavy atom. The van der Waals surface area contributed by atoms with Crippen LogP contribution in [0.1, 0.15) is 56.2 Å². The van der Waals surface area contributed by atoms with Gasteiger partial charge in [0.1, 0.15) is 11.4 Å². The molecule has 2 aromatic rings. The van der Waals surface area contributed by atoms with E-state index in [1.54, 1.807) is 13.2 Å². The van der Waals surface area contributed by atoms with Gasteiger partial charge in [-0.15, -0.1) is 0 Å². The molecule has 1 N–H and O–H groups in total. The fourth-order valence-electron chi connectivity index (χ4n) is 3.53. The van der Waals surface area contributed by atoms with Crippen molar-refractivity contribution in [3.63, 3.8) is 0 Å². The third kappa shape index (κ3) is 5.96. The molecule has 1 amide bonds. The largest absolute Gasteiger partial charge is 0.497 e. The van der Waals surface area contributed by atoms with Crippen molar-refractivity contribution >= 4 is 17.4 Å². The number of carbonyl (C=O) groups is 2. The standard InChI is InChI=1S/C25H29NO4/c1-25(2,3)30-24(28)26-16-17-5-7-18(8-6-17)20-13-21(15-22(27)14-20)19-9-11-23(29-4)12-10-19/h5-12,14,21H,13,15-16H2,1-4H3,(H,26,28)/t21-/m1/s1. The predicted molar refractivity (Wildman–Crippen MR) is 117 cm³/mol. The summed E-state index contributed by atoms with van der Waals surface area (Å²) in [6.07, 6.45) is 2.66. The highest BCUT2D eigenvalue weighted by Crippen LogP contribution is 2.36. The van der Waals surface area contributed by atoms with Gasteiger partial charge in [0.2, 0.25) is 0 Å². The van der Waals surface area contributed by atoms with E-state index in [1.807, 2.05) is 69.3 Å². The number of rotatable bonds is 5. The smallest absolute Gasteiger partial charge is 0.407 e. The molecular weight excluding hydrogens is 378 g/mol. The maximum atomic E-state index is 12.3. The Morgan fingerprint density at radius 1 is 1.03 bits per heavy atom. The summed E-state index contributed by atoms with van der Waals surface area (Å²) >= 11 is 0. The number of hydrogen-bond donors (Lipinski definition) is 1. The van der Waals surface area contributed by atoms with Crippen LogP contribution in [0, 0.1) is 0 Å². The first-order valence-electron chi connectivity index (χ1n) is 10.2. The van der Waals surface area contributed by atoms with Crippen LogP contribution in [0.2, 0.25) is 0 Å². The van der Waals surface area contributed by atoms with Crippen LogP contribution < -0.4 is 10.1 Å². The zero-order chi connectivity index (χ0) is 21.7. The molecule has 0 unspecified atom stereocenters. The van der Waals surface area contributed by atoms with Gasteiger partial charge in [-0.1, -0.05) is 36.4 Å². The van der Waals surface area contributed by atoms with Crippen molar-refractivity contribution in [2.24, 2.45) is 0 Å². The number of ketones is 1. The topological polar surface area (TPSA) is 64.6 Å². The molecular formula is C25H29NO4. The van der Waals surface area contributed by atoms with Crippen LogP contribution in [-0.2, 0) is 16.1 Å². The molecule has 0 bridgehead atoms. The molecule has 0 aliphatic heterocycles. The number of allylic oxidation sites excluding steroid dienone is 2. The Hall–Kier alpha value is -3.08. The molecule has 0 saturated heterocycles. The number of alkyl carbamates (subject to hydrolysis) is 1. The van der Waals surface area contributed by atoms with Gasteiger partial charge in [-0.05, 0) is 73.6 Å². The summed E-state index contributed by atoms with van der Waals surface area (Å²) < 4.78 is 10.5. The lowest BCUT2D eigenvalue weighted by atomic mass is 9.81. The number of nitrogens with one attached hydrogen (secondary N) is 1. The fraction of sp³-hybridized carbons (Fsp3) is 0.360. The maximum absolute atomic E-state index is 12.3. The van der Waals surface area contributed by atoms with Crippen molar-refractivity contribution in [2.45, 2.75) is 51.7 Å². The van der Waals surface area contributed by atoms with Crippen LogP contribution in [0.3, 0.4) is 0 Å². The number of amides is 1. The van der Waals surface area contributed by atoms with E-state index in [-0.39, 0.29) is 11.7 Å². The molecule has 0 aromatic heterocycles. The maximum Gasteiger partial charge on any atom is 0.407 e. The average Bonchev–Trinajstić information content (AvgIpc) is 2.71. The average molecular weight is 408 g/mol. The molecule has 0 spiro atoms. The van der Waals surface area contributed by atoms with Gasteiger partial charge in [-0.2, -0.15) is 0 Å². The zero-order valence-electron chi connectivity index (χ0n) is 18.0. The number of hydrogen-bond acceptors (Lipinski definition) is 4. The molecule has 0 radical (unpaired) electrons. The summed E-state index contributed by atoms with van der Waals surface area (Å²) in [5.74, 6) is 1.12. The summed E-state index contributed by atoms with van der Waals surface area (Å²) in [5.41, 5.74) is 3.67. The van der Waals surface area contributed by atoms with E-state index in [0.29, 0.717) is 13.0 Å². The first-order chi connectivity index (χ1) is 14.2. The van der Waals surface area contributed by atoms with Crippen molar-refractivity contribution in [3.05, 3.63) is 71.3 Å². The third-order valence-electron chi connectivity index (χ3n) is 5.00. The van der Waals surface area contributed by atoms with Gasteiger partial charge >= 0.3 is 6.09 Å². The van der Waals surface area contributed by atoms with Crippen molar-refractivity contribution in [1.82, 2.24) is 5.32 Å². The van der Waals surface area contributed by atoms with Gasteiger partial charge in [0.25, 0.3) is 0 Å². The quantitative estimate of drug-likeness (QED) is 0.735. The van der Waals surface area contributed by atoms with Crippen LogP contribution >= 0.6 is 0 Å². The molecule has 2 aromatic carbocycles. The summed E-state index contributed by atoms with van der Waals surface area (Å²) in [6, 6.07) is 15.9. The minimum atomic E-state index is -0.519. The van der Waals surface area contributed by atoms with E-state index >= 15 is 0 Å². The zero-order valence-corrected chi connectivity index (χ0v) is 18.0. The van der Waals surface area contributed by atoms with Crippen molar-refractivity contribution in [3.8, 4) is 5.75 Å². The Balaban J connectivity index is 1.64. The van der Waals surface area contributed by atoms with Crippen LogP contribution in [0.15, 0.2) is 54.6 Å². The van der Waals surface area contributed by atoms with Gasteiger partial charge in [0.15, 0.2) is 5.78 Å². The normalized spacial score (nSPS) is 16.6. The van der Waals surface area contributed by atoms with Crippen LogP contribution in [0.5, 0.6) is 5.75 Å². The Morgan fingerprint density at radius 2 is 1.70 bits per heavy atom. The predicted octanol–water partition coefficient (Wildman–Crippen LogP) is 5.25. The second kappa shape index (κ2) is 9.16. The summed E-state index contributed by atoms with van der Waals surface area (Å²) in [4.78, 5) is 24.2. The lowest BCUT2D eigenvalue weighted by Crippen LogP contribution is -2.32. The highest BCUT2D eigenvalue weighted by molar-refractivity contribution is 5.99. The molecule has 1 aliphatic rings. The summed E-state index contributed by atoms with van der Waals surface area (Å²) in [7, 11) is 1.65. The van der Waals surface area contributed by atoms with Gasteiger partial charge < -0.3 is 14.8 Å². The molecule has 30 heavy (non-hydrogen) atoms. The Bertz CT molecular complexity index is 921. The number of benzene rings is 2. The number of methoxy groups -OCH3 is 1. The van der Waals surface area contributed by atoms with E-state index in [1.165, 1.54) is 0 Å². The van der Waals surface area contributed by atoms with Gasteiger partial charge in [0, 0.05) is 13.0 Å². The van der Waals surface area contributed by atoms with Crippen molar-refractivity contribution < 1.29 is 19.1 Å². The second-order valence-electron chi connectivity index (χ2n) is 8.57. The fourth-order valence-corrected chi connectivity index (χ4v) is 3.53. The molecule has 0 heterocycles. The van der Waals surface area contributed by atoms with Gasteiger partial charge in [-0.3, -0.25) is 4.79 Å². The minimum absolute atomic E-state index is 0.146. The first-order valence-corrected chi connectivity index (χ1v) is 10.2. The lowest BCUT2D eigenvalue weighted by Gasteiger charge is -2.23. The van der Waals surface area contributed by atoms with Crippen LogP contribution in [0.25, 0.3) is 5.57 Å². The highest BCUT2D eigenvalue weighted by atomic mass is 16.6. The highest BCUT2D eigenvalue weighted by Gasteiger charge is 2.23. The third-order valence-corrected chi connectivity index (χ3v) is 5.00. The Labute approximate surface area is 178 Å². The van der Waals surface area contributed by atoms with E-state index < -0.39 is 11.7 Å². The van der Waals surface area contributed by atoms with E-state index in [9.17, 15) is 9.59 Å². The molecule has 5 nitrogen and oxygen atoms in total. The molecule has 1 atom stereocenters. The minimum Gasteiger partial charge on any atom is -0.497 e. The van der Waals surface area contributed by atoms with Gasteiger partial charge in [0.05, 0.1) is 7.11 Å². The molecule has 158 valence electrons. The first kappa shape index (κ1) is 21.6. The van der Waals surface area contributed by atoms with E-state index in [4.69, 9.17) is 9.47 Å².